The van der Waals surface area contributed by atoms with Crippen molar-refractivity contribution in [2.45, 2.75) is 31.1 Å². The van der Waals surface area contributed by atoms with E-state index in [1.54, 1.807) is 37.1 Å². The minimum atomic E-state index is -3.33. The van der Waals surface area contributed by atoms with Crippen LogP contribution in [0.2, 0.25) is 0 Å². The number of nitrogens with zero attached hydrogens (tertiary/aromatic N) is 3. The predicted octanol–water partition coefficient (Wildman–Crippen LogP) is 2.40. The second kappa shape index (κ2) is 6.05. The number of benzene rings is 1. The maximum Gasteiger partial charge on any atom is 0.261 e. The molecule has 0 radical (unpaired) electrons. The molecule has 7 heteroatoms. The van der Waals surface area contributed by atoms with Crippen LogP contribution in [0, 0.1) is 0 Å². The van der Waals surface area contributed by atoms with Gasteiger partial charge in [0.2, 0.25) is 0 Å². The molecule has 0 spiro atoms. The Hall–Kier alpha value is -2.15. The van der Waals surface area contributed by atoms with Gasteiger partial charge in [0, 0.05) is 37.7 Å². The monoisotopic (exact) mass is 349 g/mol. The molecule has 0 aliphatic heterocycles. The zero-order chi connectivity index (χ0) is 18.3. The lowest BCUT2D eigenvalue weighted by Crippen LogP contribution is -2.29. The lowest BCUT2D eigenvalue weighted by Gasteiger charge is -2.21. The summed E-state index contributed by atoms with van der Waals surface area (Å²) in [7, 11) is 0.0714. The third kappa shape index (κ3) is 3.67. The van der Waals surface area contributed by atoms with E-state index >= 15 is 0 Å². The van der Waals surface area contributed by atoms with Gasteiger partial charge in [0.05, 0.1) is 16.2 Å². The van der Waals surface area contributed by atoms with E-state index in [0.29, 0.717) is 16.9 Å². The lowest BCUT2D eigenvalue weighted by molar-refractivity contribution is 0.0990. The molecule has 1 aromatic carbocycles. The summed E-state index contributed by atoms with van der Waals surface area (Å²) in [4.78, 5) is 14.5. The Kier molecular flexibility index (Phi) is 4.59. The number of hydrogen-bond donors (Lipinski definition) is 0. The molecule has 0 unspecified atom stereocenters. The van der Waals surface area contributed by atoms with Gasteiger partial charge in [-0.15, -0.1) is 0 Å². The van der Waals surface area contributed by atoms with Crippen molar-refractivity contribution in [3.8, 4) is 0 Å². The maximum atomic E-state index is 12.9. The van der Waals surface area contributed by atoms with Crippen molar-refractivity contribution in [1.29, 1.82) is 0 Å². The van der Waals surface area contributed by atoms with Crippen molar-refractivity contribution in [1.82, 2.24) is 9.78 Å². The first-order valence-electron chi connectivity index (χ1n) is 7.53. The number of carbonyl (C=O) groups excluding carboxylic acids is 1. The molecular formula is C17H23N3O3S. The van der Waals surface area contributed by atoms with Crippen LogP contribution in [0.5, 0.6) is 0 Å². The van der Waals surface area contributed by atoms with Crippen LogP contribution in [0.1, 0.15) is 36.8 Å². The number of amides is 1. The third-order valence-corrected chi connectivity index (χ3v) is 4.82. The van der Waals surface area contributed by atoms with Gasteiger partial charge in [-0.2, -0.15) is 5.10 Å². The van der Waals surface area contributed by atoms with Gasteiger partial charge in [0.15, 0.2) is 9.84 Å². The standard InChI is InChI=1S/C17H23N3O3S/c1-17(2,3)15-14(11-19(4)18-15)16(21)20(5)12-8-7-9-13(10-12)24(6,22)23/h7-11H,1-6H3. The number of aromatic nitrogens is 2. The highest BCUT2D eigenvalue weighted by molar-refractivity contribution is 7.90. The van der Waals surface area contributed by atoms with Crippen LogP contribution >= 0.6 is 0 Å². The normalized spacial score (nSPS) is 12.2. The largest absolute Gasteiger partial charge is 0.311 e. The van der Waals surface area contributed by atoms with Gasteiger partial charge in [-0.1, -0.05) is 26.8 Å². The fourth-order valence-corrected chi connectivity index (χ4v) is 3.08. The molecule has 0 aliphatic rings. The second-order valence-electron chi connectivity index (χ2n) is 6.95. The molecule has 0 saturated carbocycles. The minimum Gasteiger partial charge on any atom is -0.311 e. The number of sulfone groups is 1. The Balaban J connectivity index is 2.45. The minimum absolute atomic E-state index is 0.182. The van der Waals surface area contributed by atoms with Crippen LogP contribution in [-0.2, 0) is 22.3 Å². The van der Waals surface area contributed by atoms with E-state index in [4.69, 9.17) is 0 Å². The average molecular weight is 349 g/mol. The fourth-order valence-electron chi connectivity index (χ4n) is 2.42. The molecule has 130 valence electrons. The summed E-state index contributed by atoms with van der Waals surface area (Å²) in [6, 6.07) is 6.35. The highest BCUT2D eigenvalue weighted by Gasteiger charge is 2.28. The van der Waals surface area contributed by atoms with Gasteiger partial charge >= 0.3 is 0 Å². The van der Waals surface area contributed by atoms with E-state index in [2.05, 4.69) is 5.10 Å². The molecule has 0 atom stereocenters. The molecule has 0 fully saturated rings. The van der Waals surface area contributed by atoms with E-state index in [1.165, 1.54) is 17.0 Å². The molecule has 0 saturated heterocycles. The molecule has 1 heterocycles. The smallest absolute Gasteiger partial charge is 0.261 e. The van der Waals surface area contributed by atoms with E-state index in [0.717, 1.165) is 6.26 Å². The summed E-state index contributed by atoms with van der Waals surface area (Å²) < 4.78 is 25.1. The van der Waals surface area contributed by atoms with Crippen LogP contribution < -0.4 is 4.90 Å². The summed E-state index contributed by atoms with van der Waals surface area (Å²) in [6.07, 6.45) is 2.84. The van der Waals surface area contributed by atoms with Crippen LogP contribution in [0.4, 0.5) is 5.69 Å². The fraction of sp³-hybridized carbons (Fsp3) is 0.412. The van der Waals surface area contributed by atoms with E-state index in [1.807, 2.05) is 20.8 Å². The zero-order valence-electron chi connectivity index (χ0n) is 14.9. The SMILES string of the molecule is CN(C(=O)c1cn(C)nc1C(C)(C)C)c1cccc(S(C)(=O)=O)c1. The molecule has 1 aromatic heterocycles. The van der Waals surface area contributed by atoms with Crippen molar-refractivity contribution < 1.29 is 13.2 Å². The number of hydrogen-bond acceptors (Lipinski definition) is 4. The number of rotatable bonds is 3. The van der Waals surface area contributed by atoms with Gasteiger partial charge in [-0.25, -0.2) is 8.42 Å². The van der Waals surface area contributed by atoms with Crippen molar-refractivity contribution in [2.24, 2.45) is 7.05 Å². The number of carbonyl (C=O) groups is 1. The van der Waals surface area contributed by atoms with E-state index < -0.39 is 9.84 Å². The highest BCUT2D eigenvalue weighted by Crippen LogP contribution is 2.27. The van der Waals surface area contributed by atoms with Gasteiger partial charge in [-0.3, -0.25) is 9.48 Å². The van der Waals surface area contributed by atoms with E-state index in [-0.39, 0.29) is 16.2 Å². The van der Waals surface area contributed by atoms with Crippen LogP contribution in [0.25, 0.3) is 0 Å². The van der Waals surface area contributed by atoms with Gasteiger partial charge in [0.1, 0.15) is 0 Å². The predicted molar refractivity (Wildman–Crippen MR) is 94.2 cm³/mol. The van der Waals surface area contributed by atoms with Crippen molar-refractivity contribution in [3.05, 3.63) is 41.7 Å². The maximum absolute atomic E-state index is 12.9. The average Bonchev–Trinajstić information content (AvgIpc) is 2.87. The summed E-state index contributed by atoms with van der Waals surface area (Å²) in [6.45, 7) is 5.99. The first-order chi connectivity index (χ1) is 10.9. The Bertz CT molecular complexity index is 877. The molecular weight excluding hydrogens is 326 g/mol. The number of aryl methyl sites for hydroxylation is 1. The molecule has 0 N–H and O–H groups in total. The molecule has 2 rings (SSSR count). The molecule has 24 heavy (non-hydrogen) atoms. The van der Waals surface area contributed by atoms with E-state index in [9.17, 15) is 13.2 Å². The molecule has 1 amide bonds. The Morgan fingerprint density at radius 1 is 1.25 bits per heavy atom. The first kappa shape index (κ1) is 18.2. The van der Waals surface area contributed by atoms with Crippen LogP contribution in [0.3, 0.4) is 0 Å². The molecule has 6 nitrogen and oxygen atoms in total. The van der Waals surface area contributed by atoms with Crippen molar-refractivity contribution in [3.63, 3.8) is 0 Å². The summed E-state index contributed by atoms with van der Waals surface area (Å²) in [5, 5.41) is 4.41. The molecule has 0 aliphatic carbocycles. The molecule has 0 bridgehead atoms. The van der Waals surface area contributed by atoms with Crippen LogP contribution in [0.15, 0.2) is 35.4 Å². The van der Waals surface area contributed by atoms with Crippen molar-refractivity contribution >= 4 is 21.4 Å². The quantitative estimate of drug-likeness (QED) is 0.853. The Morgan fingerprint density at radius 3 is 2.42 bits per heavy atom. The summed E-state index contributed by atoms with van der Waals surface area (Å²) in [5.41, 5.74) is 1.46. The zero-order valence-corrected chi connectivity index (χ0v) is 15.7. The lowest BCUT2D eigenvalue weighted by atomic mass is 9.89. The Morgan fingerprint density at radius 2 is 1.88 bits per heavy atom. The second-order valence-corrected chi connectivity index (χ2v) is 8.96. The summed E-state index contributed by atoms with van der Waals surface area (Å²) >= 11 is 0. The van der Waals surface area contributed by atoms with Gasteiger partial charge < -0.3 is 4.90 Å². The van der Waals surface area contributed by atoms with Crippen molar-refractivity contribution in [2.75, 3.05) is 18.2 Å². The first-order valence-corrected chi connectivity index (χ1v) is 9.42. The number of anilines is 1. The third-order valence-electron chi connectivity index (χ3n) is 3.71. The molecule has 2 aromatic rings. The topological polar surface area (TPSA) is 72.3 Å². The Labute approximate surface area is 143 Å². The summed E-state index contributed by atoms with van der Waals surface area (Å²) in [5.74, 6) is -0.223. The van der Waals surface area contributed by atoms with Crippen LogP contribution in [-0.4, -0.2) is 37.4 Å². The highest BCUT2D eigenvalue weighted by atomic mass is 32.2. The van der Waals surface area contributed by atoms with Gasteiger partial charge in [-0.05, 0) is 18.2 Å². The van der Waals surface area contributed by atoms with Gasteiger partial charge in [0.25, 0.3) is 5.91 Å².